The van der Waals surface area contributed by atoms with E-state index in [-0.39, 0.29) is 23.1 Å². The lowest BCUT2D eigenvalue weighted by atomic mass is 9.80. The summed E-state index contributed by atoms with van der Waals surface area (Å²) in [7, 11) is 0. The second-order valence-corrected chi connectivity index (χ2v) is 8.67. The molecule has 0 aliphatic carbocycles. The average Bonchev–Trinajstić information content (AvgIpc) is 2.63. The molecule has 6 heteroatoms. The van der Waals surface area contributed by atoms with Gasteiger partial charge in [-0.1, -0.05) is 12.1 Å². The average molecular weight is 383 g/mol. The molecule has 3 rings (SSSR count). The summed E-state index contributed by atoms with van der Waals surface area (Å²) in [5.74, 6) is 0.381. The van der Waals surface area contributed by atoms with Crippen LogP contribution in [0, 0.1) is 0 Å². The van der Waals surface area contributed by atoms with Crippen molar-refractivity contribution in [3.8, 4) is 5.75 Å². The number of nitrogens with one attached hydrogen (secondary N) is 2. The van der Waals surface area contributed by atoms with E-state index in [9.17, 15) is 4.79 Å². The maximum atomic E-state index is 12.4. The second kappa shape index (κ2) is 8.29. The Morgan fingerprint density at radius 2 is 1.68 bits per heavy atom. The van der Waals surface area contributed by atoms with E-state index in [2.05, 4.69) is 43.5 Å². The highest BCUT2D eigenvalue weighted by Gasteiger charge is 2.38. The smallest absolute Gasteiger partial charge is 0.356 e. The van der Waals surface area contributed by atoms with Crippen molar-refractivity contribution in [1.82, 2.24) is 15.8 Å². The molecule has 150 valence electrons. The minimum Gasteiger partial charge on any atom is -0.489 e. The van der Waals surface area contributed by atoms with E-state index in [1.807, 2.05) is 12.1 Å². The maximum absolute atomic E-state index is 12.4. The lowest BCUT2D eigenvalue weighted by Gasteiger charge is -2.46. The molecular formula is C22H29N3O3. The molecule has 6 nitrogen and oxygen atoms in total. The highest BCUT2D eigenvalue weighted by Crippen LogP contribution is 2.28. The largest absolute Gasteiger partial charge is 0.489 e. The Morgan fingerprint density at radius 1 is 1.07 bits per heavy atom. The standard InChI is InChI=1S/C22H29N3O3/c1-21(2)13-18(14-22(3,4)25-21)24-28-20(26)17-7-5-16(6-8-17)15-27-19-9-11-23-12-10-19/h5-12,18,24-25H,13-15H2,1-4H3. The third-order valence-corrected chi connectivity index (χ3v) is 4.75. The first kappa shape index (κ1) is 20.3. The minimum atomic E-state index is -0.379. The van der Waals surface area contributed by atoms with Gasteiger partial charge in [0.05, 0.1) is 5.56 Å². The van der Waals surface area contributed by atoms with Crippen molar-refractivity contribution in [2.24, 2.45) is 0 Å². The summed E-state index contributed by atoms with van der Waals surface area (Å²) in [6.07, 6.45) is 5.14. The Morgan fingerprint density at radius 3 is 2.29 bits per heavy atom. The molecule has 0 atom stereocenters. The van der Waals surface area contributed by atoms with Crippen LogP contribution in [-0.2, 0) is 11.4 Å². The summed E-state index contributed by atoms with van der Waals surface area (Å²) in [5.41, 5.74) is 4.43. The van der Waals surface area contributed by atoms with Crippen molar-refractivity contribution in [2.75, 3.05) is 0 Å². The summed E-state index contributed by atoms with van der Waals surface area (Å²) in [4.78, 5) is 21.7. The second-order valence-electron chi connectivity index (χ2n) is 8.67. The number of hydroxylamine groups is 1. The van der Waals surface area contributed by atoms with Crippen molar-refractivity contribution >= 4 is 5.97 Å². The first-order chi connectivity index (χ1) is 13.2. The third-order valence-electron chi connectivity index (χ3n) is 4.75. The number of benzene rings is 1. The number of carbonyl (C=O) groups is 1. The molecule has 1 fully saturated rings. The van der Waals surface area contributed by atoms with Crippen LogP contribution in [0.15, 0.2) is 48.8 Å². The van der Waals surface area contributed by atoms with Gasteiger partial charge in [-0.2, -0.15) is 0 Å². The van der Waals surface area contributed by atoms with Gasteiger partial charge in [-0.3, -0.25) is 4.98 Å². The van der Waals surface area contributed by atoms with Crippen LogP contribution in [0.25, 0.3) is 0 Å². The number of hydrogen-bond acceptors (Lipinski definition) is 6. The van der Waals surface area contributed by atoms with E-state index in [1.165, 1.54) is 0 Å². The quantitative estimate of drug-likeness (QED) is 0.742. The minimum absolute atomic E-state index is 0.0116. The number of hydrogen-bond donors (Lipinski definition) is 2. The van der Waals surface area contributed by atoms with Gasteiger partial charge in [-0.25, -0.2) is 4.79 Å². The highest BCUT2D eigenvalue weighted by atomic mass is 16.7. The molecule has 1 aromatic heterocycles. The molecule has 0 radical (unpaired) electrons. The van der Waals surface area contributed by atoms with Gasteiger partial charge in [0.2, 0.25) is 0 Å². The van der Waals surface area contributed by atoms with Crippen LogP contribution in [0.1, 0.15) is 56.5 Å². The lowest BCUT2D eigenvalue weighted by Crippen LogP contribution is -2.61. The number of rotatable bonds is 6. The number of carbonyl (C=O) groups excluding carboxylic acids is 1. The fraction of sp³-hybridized carbons (Fsp3) is 0.455. The van der Waals surface area contributed by atoms with Crippen molar-refractivity contribution in [3.05, 3.63) is 59.9 Å². The molecule has 2 heterocycles. The fourth-order valence-corrected chi connectivity index (χ4v) is 3.94. The van der Waals surface area contributed by atoms with Gasteiger partial charge < -0.3 is 14.9 Å². The van der Waals surface area contributed by atoms with E-state index < -0.39 is 0 Å². The maximum Gasteiger partial charge on any atom is 0.356 e. The molecule has 0 unspecified atom stereocenters. The Hall–Kier alpha value is -2.44. The summed E-state index contributed by atoms with van der Waals surface area (Å²) >= 11 is 0. The summed E-state index contributed by atoms with van der Waals surface area (Å²) in [5, 5.41) is 3.62. The van der Waals surface area contributed by atoms with Gasteiger partial charge >= 0.3 is 5.97 Å². The van der Waals surface area contributed by atoms with E-state index in [0.717, 1.165) is 24.2 Å². The molecule has 1 aliphatic rings. The predicted molar refractivity (Wildman–Crippen MR) is 108 cm³/mol. The zero-order chi connectivity index (χ0) is 20.2. The van der Waals surface area contributed by atoms with Crippen LogP contribution in [0.2, 0.25) is 0 Å². The Labute approximate surface area is 166 Å². The van der Waals surface area contributed by atoms with Crippen LogP contribution >= 0.6 is 0 Å². The predicted octanol–water partition coefficient (Wildman–Crippen LogP) is 3.63. The van der Waals surface area contributed by atoms with Crippen LogP contribution in [0.5, 0.6) is 5.75 Å². The van der Waals surface area contributed by atoms with Crippen LogP contribution in [-0.4, -0.2) is 28.1 Å². The number of ether oxygens (including phenoxy) is 1. The molecule has 28 heavy (non-hydrogen) atoms. The normalized spacial score (nSPS) is 18.4. The number of piperidine rings is 1. The molecular weight excluding hydrogens is 354 g/mol. The number of nitrogens with zero attached hydrogens (tertiary/aromatic N) is 1. The summed E-state index contributed by atoms with van der Waals surface area (Å²) < 4.78 is 5.68. The van der Waals surface area contributed by atoms with Gasteiger partial charge in [0.1, 0.15) is 12.4 Å². The molecule has 1 aromatic carbocycles. The van der Waals surface area contributed by atoms with Crippen LogP contribution < -0.4 is 15.5 Å². The molecule has 0 spiro atoms. The van der Waals surface area contributed by atoms with Gasteiger partial charge in [-0.15, -0.1) is 5.48 Å². The number of aromatic nitrogens is 1. The first-order valence-electron chi connectivity index (χ1n) is 9.60. The monoisotopic (exact) mass is 383 g/mol. The van der Waals surface area contributed by atoms with E-state index in [0.29, 0.717) is 12.2 Å². The van der Waals surface area contributed by atoms with Crippen molar-refractivity contribution in [3.63, 3.8) is 0 Å². The lowest BCUT2D eigenvalue weighted by molar-refractivity contribution is -0.00191. The Bertz CT molecular complexity index is 772. The Balaban J connectivity index is 1.50. The zero-order valence-corrected chi connectivity index (χ0v) is 17.0. The molecule has 1 saturated heterocycles. The fourth-order valence-electron chi connectivity index (χ4n) is 3.94. The van der Waals surface area contributed by atoms with Crippen molar-refractivity contribution in [2.45, 2.75) is 64.3 Å². The number of pyridine rings is 1. The first-order valence-corrected chi connectivity index (χ1v) is 9.60. The molecule has 0 bridgehead atoms. The van der Waals surface area contributed by atoms with Crippen LogP contribution in [0.4, 0.5) is 0 Å². The highest BCUT2D eigenvalue weighted by molar-refractivity contribution is 5.89. The SMILES string of the molecule is CC1(C)CC(NOC(=O)c2ccc(COc3ccncc3)cc2)CC(C)(C)N1. The summed E-state index contributed by atoms with van der Waals surface area (Å²) in [6, 6.07) is 11.0. The van der Waals surface area contributed by atoms with Crippen LogP contribution in [0.3, 0.4) is 0 Å². The zero-order valence-electron chi connectivity index (χ0n) is 17.0. The van der Waals surface area contributed by atoms with Gasteiger partial charge in [0.15, 0.2) is 0 Å². The molecule has 1 aliphatic heterocycles. The molecule has 2 aromatic rings. The topological polar surface area (TPSA) is 72.5 Å². The third kappa shape index (κ3) is 5.78. The van der Waals surface area contributed by atoms with E-state index in [1.54, 1.807) is 36.7 Å². The van der Waals surface area contributed by atoms with Gasteiger partial charge in [0.25, 0.3) is 0 Å². The summed E-state index contributed by atoms with van der Waals surface area (Å²) in [6.45, 7) is 9.08. The van der Waals surface area contributed by atoms with E-state index in [4.69, 9.17) is 9.57 Å². The van der Waals surface area contributed by atoms with Crippen molar-refractivity contribution < 1.29 is 14.4 Å². The molecule has 2 N–H and O–H groups in total. The molecule has 0 saturated carbocycles. The molecule has 0 amide bonds. The van der Waals surface area contributed by atoms with E-state index >= 15 is 0 Å². The van der Waals surface area contributed by atoms with Gasteiger partial charge in [-0.05, 0) is 70.4 Å². The Kier molecular flexibility index (Phi) is 6.01. The van der Waals surface area contributed by atoms with Gasteiger partial charge in [0, 0.05) is 29.5 Å². The van der Waals surface area contributed by atoms with Crippen molar-refractivity contribution in [1.29, 1.82) is 0 Å².